The third-order valence-electron chi connectivity index (χ3n) is 6.11. The number of likely N-dealkylation sites (N-methyl/N-ethyl adjacent to an activating group) is 1. The van der Waals surface area contributed by atoms with Gasteiger partial charge in [-0.1, -0.05) is 13.8 Å². The van der Waals surface area contributed by atoms with Crippen LogP contribution in [-0.4, -0.2) is 74.7 Å². The van der Waals surface area contributed by atoms with Crippen molar-refractivity contribution in [2.75, 3.05) is 52.9 Å². The van der Waals surface area contributed by atoms with Crippen molar-refractivity contribution in [2.45, 2.75) is 65.3 Å². The maximum absolute atomic E-state index is 4.84. The summed E-state index contributed by atoms with van der Waals surface area (Å²) >= 11 is 0. The van der Waals surface area contributed by atoms with Crippen molar-refractivity contribution in [1.82, 2.24) is 20.4 Å². The number of nitrogens with zero attached hydrogens (tertiary/aromatic N) is 3. The first kappa shape index (κ1) is 21.5. The largest absolute Gasteiger partial charge is 0.357 e. The molecule has 0 aromatic carbocycles. The lowest BCUT2D eigenvalue weighted by atomic mass is 9.80. The molecule has 1 saturated carbocycles. The van der Waals surface area contributed by atoms with Crippen molar-refractivity contribution < 1.29 is 0 Å². The van der Waals surface area contributed by atoms with Crippen LogP contribution < -0.4 is 10.6 Å². The second-order valence-electron chi connectivity index (χ2n) is 8.61. The highest BCUT2D eigenvalue weighted by Gasteiger charge is 2.23. The molecule has 0 atom stereocenters. The highest BCUT2D eigenvalue weighted by atomic mass is 15.2. The Labute approximate surface area is 162 Å². The molecule has 5 nitrogen and oxygen atoms in total. The minimum absolute atomic E-state index is 0.601. The molecule has 1 aliphatic heterocycles. The van der Waals surface area contributed by atoms with E-state index in [1.165, 1.54) is 64.8 Å². The van der Waals surface area contributed by atoms with Gasteiger partial charge in [0.2, 0.25) is 0 Å². The van der Waals surface area contributed by atoms with E-state index >= 15 is 0 Å². The average molecular weight is 366 g/mol. The molecule has 0 amide bonds. The Bertz CT molecular complexity index is 401. The zero-order chi connectivity index (χ0) is 18.8. The van der Waals surface area contributed by atoms with Gasteiger partial charge >= 0.3 is 0 Å². The number of aliphatic imine (C=N–C) groups is 1. The molecule has 2 rings (SSSR count). The van der Waals surface area contributed by atoms with Gasteiger partial charge in [0, 0.05) is 32.2 Å². The molecule has 1 aliphatic carbocycles. The van der Waals surface area contributed by atoms with Crippen LogP contribution in [0.5, 0.6) is 0 Å². The van der Waals surface area contributed by atoms with Gasteiger partial charge in [-0.2, -0.15) is 0 Å². The summed E-state index contributed by atoms with van der Waals surface area (Å²) in [6.07, 6.45) is 7.74. The van der Waals surface area contributed by atoms with Crippen LogP contribution in [0.1, 0.15) is 59.3 Å². The van der Waals surface area contributed by atoms with E-state index in [9.17, 15) is 0 Å². The summed E-state index contributed by atoms with van der Waals surface area (Å²) in [6, 6.07) is 0.601. The molecule has 1 heterocycles. The summed E-state index contributed by atoms with van der Waals surface area (Å²) in [7, 11) is 2.23. The summed E-state index contributed by atoms with van der Waals surface area (Å²) < 4.78 is 0. The molecule has 0 aromatic heterocycles. The minimum Gasteiger partial charge on any atom is -0.357 e. The van der Waals surface area contributed by atoms with Crippen LogP contribution in [0.25, 0.3) is 0 Å². The van der Waals surface area contributed by atoms with E-state index in [1.54, 1.807) is 0 Å². The third-order valence-corrected chi connectivity index (χ3v) is 6.11. The van der Waals surface area contributed by atoms with Gasteiger partial charge in [-0.15, -0.1) is 0 Å². The van der Waals surface area contributed by atoms with Gasteiger partial charge < -0.3 is 20.4 Å². The van der Waals surface area contributed by atoms with E-state index in [-0.39, 0.29) is 0 Å². The molecular formula is C21H43N5. The number of nitrogens with one attached hydrogen (secondary N) is 2. The van der Waals surface area contributed by atoms with Crippen molar-refractivity contribution >= 4 is 5.96 Å². The maximum atomic E-state index is 4.84. The Hall–Kier alpha value is -0.810. The fraction of sp³-hybridized carbons (Fsp3) is 0.952. The van der Waals surface area contributed by atoms with Crippen LogP contribution in [0.2, 0.25) is 0 Å². The van der Waals surface area contributed by atoms with E-state index in [0.717, 1.165) is 37.3 Å². The smallest absolute Gasteiger partial charge is 0.191 e. The molecule has 2 aliphatic rings. The van der Waals surface area contributed by atoms with E-state index in [2.05, 4.69) is 48.3 Å². The monoisotopic (exact) mass is 365 g/mol. The Morgan fingerprint density at radius 1 is 1.08 bits per heavy atom. The van der Waals surface area contributed by atoms with Crippen LogP contribution in [0.3, 0.4) is 0 Å². The third kappa shape index (κ3) is 7.83. The van der Waals surface area contributed by atoms with Gasteiger partial charge in [0.1, 0.15) is 0 Å². The first-order valence-electron chi connectivity index (χ1n) is 11.0. The molecule has 2 N–H and O–H groups in total. The maximum Gasteiger partial charge on any atom is 0.191 e. The summed E-state index contributed by atoms with van der Waals surface area (Å²) in [5.74, 6) is 2.77. The Morgan fingerprint density at radius 3 is 2.54 bits per heavy atom. The zero-order valence-electron chi connectivity index (χ0n) is 17.8. The highest BCUT2D eigenvalue weighted by Crippen LogP contribution is 2.29. The van der Waals surface area contributed by atoms with Crippen LogP contribution in [-0.2, 0) is 0 Å². The Morgan fingerprint density at radius 2 is 1.85 bits per heavy atom. The summed E-state index contributed by atoms with van der Waals surface area (Å²) in [6.45, 7) is 14.8. The highest BCUT2D eigenvalue weighted by molar-refractivity contribution is 5.80. The fourth-order valence-electron chi connectivity index (χ4n) is 4.25. The quantitative estimate of drug-likeness (QED) is 0.414. The lowest BCUT2D eigenvalue weighted by Gasteiger charge is -2.32. The van der Waals surface area contributed by atoms with Crippen LogP contribution in [0, 0.1) is 11.8 Å². The molecule has 0 radical (unpaired) electrons. The molecular weight excluding hydrogens is 322 g/mol. The Kier molecular flexibility index (Phi) is 9.76. The molecule has 0 spiro atoms. The lowest BCUT2D eigenvalue weighted by Crippen LogP contribution is -2.45. The van der Waals surface area contributed by atoms with Gasteiger partial charge in [0.05, 0.1) is 0 Å². The molecule has 0 bridgehead atoms. The second kappa shape index (κ2) is 11.8. The van der Waals surface area contributed by atoms with E-state index in [0.29, 0.717) is 6.04 Å². The van der Waals surface area contributed by atoms with Gasteiger partial charge in [-0.05, 0) is 84.0 Å². The molecule has 1 saturated heterocycles. The predicted molar refractivity (Wildman–Crippen MR) is 113 cm³/mol. The van der Waals surface area contributed by atoms with E-state index < -0.39 is 0 Å². The van der Waals surface area contributed by atoms with E-state index in [1.807, 2.05) is 0 Å². The molecule has 2 fully saturated rings. The number of guanidine groups is 1. The molecule has 5 heteroatoms. The number of hydrogen-bond donors (Lipinski definition) is 2. The van der Waals surface area contributed by atoms with Gasteiger partial charge in [0.15, 0.2) is 5.96 Å². The standard InChI is InChI=1S/C21H43N5/c1-5-22-21(24-20-10-8-19(9-11-20)18(2)3)23-12-6-14-26-15-7-13-25(4)16-17-26/h18-20H,5-17H2,1-4H3,(H2,22,23,24). The van der Waals surface area contributed by atoms with Crippen molar-refractivity contribution in [2.24, 2.45) is 16.8 Å². The number of hydrogen-bond acceptors (Lipinski definition) is 3. The normalized spacial score (nSPS) is 26.7. The SMILES string of the molecule is CCNC(=NCCCN1CCCN(C)CC1)NC1CCC(C(C)C)CC1. The van der Waals surface area contributed by atoms with Crippen LogP contribution >= 0.6 is 0 Å². The lowest BCUT2D eigenvalue weighted by molar-refractivity contribution is 0.250. The average Bonchev–Trinajstić information content (AvgIpc) is 2.83. The summed E-state index contributed by atoms with van der Waals surface area (Å²) in [5.41, 5.74) is 0. The molecule has 0 aromatic rings. The van der Waals surface area contributed by atoms with Crippen molar-refractivity contribution in [3.05, 3.63) is 0 Å². The van der Waals surface area contributed by atoms with Crippen molar-refractivity contribution in [3.8, 4) is 0 Å². The number of rotatable bonds is 7. The minimum atomic E-state index is 0.601. The van der Waals surface area contributed by atoms with Gasteiger partial charge in [-0.25, -0.2) is 0 Å². The van der Waals surface area contributed by atoms with Gasteiger partial charge in [-0.3, -0.25) is 4.99 Å². The molecule has 152 valence electrons. The predicted octanol–water partition coefficient (Wildman–Crippen LogP) is 2.78. The Balaban J connectivity index is 1.69. The molecule has 26 heavy (non-hydrogen) atoms. The summed E-state index contributed by atoms with van der Waals surface area (Å²) in [5, 5.41) is 7.13. The van der Waals surface area contributed by atoms with Crippen molar-refractivity contribution in [3.63, 3.8) is 0 Å². The topological polar surface area (TPSA) is 42.9 Å². The van der Waals surface area contributed by atoms with E-state index in [4.69, 9.17) is 4.99 Å². The second-order valence-corrected chi connectivity index (χ2v) is 8.61. The first-order valence-corrected chi connectivity index (χ1v) is 11.0. The summed E-state index contributed by atoms with van der Waals surface area (Å²) in [4.78, 5) is 9.89. The van der Waals surface area contributed by atoms with Gasteiger partial charge in [0.25, 0.3) is 0 Å². The van der Waals surface area contributed by atoms with Crippen molar-refractivity contribution in [1.29, 1.82) is 0 Å². The zero-order valence-corrected chi connectivity index (χ0v) is 17.8. The van der Waals surface area contributed by atoms with Crippen LogP contribution in [0.15, 0.2) is 4.99 Å². The molecule has 0 unspecified atom stereocenters. The first-order chi connectivity index (χ1) is 12.6. The van der Waals surface area contributed by atoms with Crippen LogP contribution in [0.4, 0.5) is 0 Å². The fourth-order valence-corrected chi connectivity index (χ4v) is 4.25.